The van der Waals surface area contributed by atoms with Gasteiger partial charge in [-0.15, -0.1) is 0 Å². The minimum atomic E-state index is -4.72. The number of hydrogen-bond donors (Lipinski definition) is 2. The normalized spacial score (nSPS) is 18.2. The van der Waals surface area contributed by atoms with Crippen LogP contribution in [0.2, 0.25) is 0 Å². The van der Waals surface area contributed by atoms with Gasteiger partial charge in [0.2, 0.25) is 5.91 Å². The summed E-state index contributed by atoms with van der Waals surface area (Å²) in [6.07, 6.45) is -4.41. The third-order valence-corrected chi connectivity index (χ3v) is 4.31. The van der Waals surface area contributed by atoms with E-state index in [9.17, 15) is 27.2 Å². The summed E-state index contributed by atoms with van der Waals surface area (Å²) in [5.41, 5.74) is -0.838. The van der Waals surface area contributed by atoms with Crippen molar-refractivity contribution in [1.82, 2.24) is 5.32 Å². The van der Waals surface area contributed by atoms with E-state index in [-0.39, 0.29) is 0 Å². The molecule has 1 aromatic carbocycles. The van der Waals surface area contributed by atoms with Crippen LogP contribution in [-0.2, 0) is 15.0 Å². The first-order valence-corrected chi connectivity index (χ1v) is 7.51. The lowest BCUT2D eigenvalue weighted by Gasteiger charge is -2.30. The summed E-state index contributed by atoms with van der Waals surface area (Å²) < 4.78 is 51.0. The Bertz CT molecular complexity index is 624. The first kappa shape index (κ1) is 18.2. The van der Waals surface area contributed by atoms with Gasteiger partial charge >= 0.3 is 12.1 Å². The summed E-state index contributed by atoms with van der Waals surface area (Å²) in [4.78, 5) is 23.7. The van der Waals surface area contributed by atoms with Gasteiger partial charge in [-0.25, -0.2) is 9.18 Å². The number of carbonyl (C=O) groups is 2. The predicted molar refractivity (Wildman–Crippen MR) is 76.8 cm³/mol. The van der Waals surface area contributed by atoms with Crippen LogP contribution in [0.5, 0.6) is 0 Å². The summed E-state index contributed by atoms with van der Waals surface area (Å²) in [7, 11) is 0. The van der Waals surface area contributed by atoms with Crippen molar-refractivity contribution < 1.29 is 32.3 Å². The van der Waals surface area contributed by atoms with Gasteiger partial charge in [-0.3, -0.25) is 4.79 Å². The van der Waals surface area contributed by atoms with E-state index in [2.05, 4.69) is 0 Å². The lowest BCUT2D eigenvalue weighted by molar-refractivity contribution is -0.160. The van der Waals surface area contributed by atoms with Crippen LogP contribution in [0.15, 0.2) is 24.3 Å². The molecule has 0 aliphatic heterocycles. The molecule has 1 fully saturated rings. The second-order valence-corrected chi connectivity index (χ2v) is 5.98. The number of carboxylic acids is 1. The number of amides is 1. The number of benzene rings is 1. The van der Waals surface area contributed by atoms with E-state index in [0.29, 0.717) is 31.2 Å². The average Bonchev–Trinajstić information content (AvgIpc) is 2.95. The van der Waals surface area contributed by atoms with Gasteiger partial charge in [0.1, 0.15) is 11.9 Å². The quantitative estimate of drug-likeness (QED) is 0.804. The van der Waals surface area contributed by atoms with Crippen molar-refractivity contribution in [1.29, 1.82) is 0 Å². The second-order valence-electron chi connectivity index (χ2n) is 5.98. The molecule has 0 heterocycles. The summed E-state index contributed by atoms with van der Waals surface area (Å²) in [6, 6.07) is 3.26. The standard InChI is InChI=1S/C16H17F4NO3/c17-11-5-3-4-10(8-11)15(6-1-2-7-15)14(24)21-12(13(22)23)9-16(18,19)20/h3-5,8,12H,1-2,6-7,9H2,(H,21,24)(H,22,23). The van der Waals surface area contributed by atoms with Crippen molar-refractivity contribution in [3.8, 4) is 0 Å². The van der Waals surface area contributed by atoms with Gasteiger partial charge in [0.25, 0.3) is 0 Å². The average molecular weight is 347 g/mol. The van der Waals surface area contributed by atoms with Crippen LogP contribution in [0.3, 0.4) is 0 Å². The molecule has 1 amide bonds. The van der Waals surface area contributed by atoms with Crippen LogP contribution in [0, 0.1) is 5.82 Å². The lowest BCUT2D eigenvalue weighted by Crippen LogP contribution is -2.51. The van der Waals surface area contributed by atoms with E-state index < -0.39 is 41.7 Å². The van der Waals surface area contributed by atoms with Gasteiger partial charge in [0.05, 0.1) is 11.8 Å². The smallest absolute Gasteiger partial charge is 0.391 e. The molecule has 8 heteroatoms. The molecule has 24 heavy (non-hydrogen) atoms. The zero-order valence-electron chi connectivity index (χ0n) is 12.7. The number of halogens is 4. The van der Waals surface area contributed by atoms with Crippen LogP contribution >= 0.6 is 0 Å². The molecule has 0 spiro atoms. The Morgan fingerprint density at radius 1 is 1.25 bits per heavy atom. The number of rotatable bonds is 5. The zero-order chi connectivity index (χ0) is 18.0. The molecule has 4 nitrogen and oxygen atoms in total. The third kappa shape index (κ3) is 4.04. The molecule has 1 aliphatic carbocycles. The highest BCUT2D eigenvalue weighted by Gasteiger charge is 2.45. The van der Waals surface area contributed by atoms with Crippen molar-refractivity contribution in [2.75, 3.05) is 0 Å². The molecule has 0 radical (unpaired) electrons. The van der Waals surface area contributed by atoms with Crippen molar-refractivity contribution in [2.45, 2.75) is 49.7 Å². The van der Waals surface area contributed by atoms with Crippen molar-refractivity contribution in [2.24, 2.45) is 0 Å². The zero-order valence-corrected chi connectivity index (χ0v) is 12.7. The van der Waals surface area contributed by atoms with E-state index in [1.807, 2.05) is 5.32 Å². The monoisotopic (exact) mass is 347 g/mol. The van der Waals surface area contributed by atoms with Crippen molar-refractivity contribution in [3.63, 3.8) is 0 Å². The largest absolute Gasteiger partial charge is 0.480 e. The molecule has 0 aromatic heterocycles. The highest BCUT2D eigenvalue weighted by Crippen LogP contribution is 2.41. The SMILES string of the molecule is O=C(O)C(CC(F)(F)F)NC(=O)C1(c2cccc(F)c2)CCCC1. The molecule has 2 rings (SSSR count). The van der Waals surface area contributed by atoms with Gasteiger partial charge < -0.3 is 10.4 Å². The Morgan fingerprint density at radius 2 is 1.88 bits per heavy atom. The topological polar surface area (TPSA) is 66.4 Å². The van der Waals surface area contributed by atoms with Crippen molar-refractivity contribution in [3.05, 3.63) is 35.6 Å². The number of aliphatic carboxylic acids is 1. The molecule has 1 aromatic rings. The number of hydrogen-bond acceptors (Lipinski definition) is 2. The van der Waals surface area contributed by atoms with Gasteiger partial charge in [-0.1, -0.05) is 25.0 Å². The minimum Gasteiger partial charge on any atom is -0.480 e. The fraction of sp³-hybridized carbons (Fsp3) is 0.500. The van der Waals surface area contributed by atoms with Crippen molar-refractivity contribution >= 4 is 11.9 Å². The number of carboxylic acid groups (broad SMARTS) is 1. The van der Waals surface area contributed by atoms with Crippen LogP contribution in [-0.4, -0.2) is 29.2 Å². The van der Waals surface area contributed by atoms with E-state index in [1.54, 1.807) is 0 Å². The Kier molecular flexibility index (Phi) is 5.15. The molecule has 0 saturated heterocycles. The molecule has 1 aliphatic rings. The van der Waals surface area contributed by atoms with Gasteiger partial charge in [-0.2, -0.15) is 13.2 Å². The Balaban J connectivity index is 2.27. The maximum atomic E-state index is 13.5. The maximum Gasteiger partial charge on any atom is 0.391 e. The summed E-state index contributed by atoms with van der Waals surface area (Å²) >= 11 is 0. The maximum absolute atomic E-state index is 13.5. The molecule has 1 saturated carbocycles. The van der Waals surface area contributed by atoms with E-state index in [1.165, 1.54) is 24.3 Å². The van der Waals surface area contributed by atoms with E-state index >= 15 is 0 Å². The van der Waals surface area contributed by atoms with Crippen LogP contribution in [0.4, 0.5) is 17.6 Å². The predicted octanol–water partition coefficient (Wildman–Crippen LogP) is 3.16. The Morgan fingerprint density at radius 3 is 2.38 bits per heavy atom. The van der Waals surface area contributed by atoms with Crippen LogP contribution in [0.25, 0.3) is 0 Å². The van der Waals surface area contributed by atoms with Gasteiger partial charge in [0.15, 0.2) is 0 Å². The Labute approximate surface area is 135 Å². The van der Waals surface area contributed by atoms with E-state index in [0.717, 1.165) is 0 Å². The number of alkyl halides is 3. The number of nitrogens with one attached hydrogen (secondary N) is 1. The summed E-state index contributed by atoms with van der Waals surface area (Å²) in [5, 5.41) is 10.9. The molecule has 2 N–H and O–H groups in total. The highest BCUT2D eigenvalue weighted by molar-refractivity contribution is 5.91. The second kappa shape index (κ2) is 6.78. The molecule has 1 atom stereocenters. The fourth-order valence-electron chi connectivity index (χ4n) is 3.14. The third-order valence-electron chi connectivity index (χ3n) is 4.31. The molecule has 0 bridgehead atoms. The molecule has 1 unspecified atom stereocenters. The molecular formula is C16H17F4NO3. The fourth-order valence-corrected chi connectivity index (χ4v) is 3.14. The lowest BCUT2D eigenvalue weighted by atomic mass is 9.77. The van der Waals surface area contributed by atoms with Gasteiger partial charge in [-0.05, 0) is 30.5 Å². The first-order valence-electron chi connectivity index (χ1n) is 7.51. The Hall–Kier alpha value is -2.12. The van der Waals surface area contributed by atoms with Crippen LogP contribution in [0.1, 0.15) is 37.7 Å². The highest BCUT2D eigenvalue weighted by atomic mass is 19.4. The first-order chi connectivity index (χ1) is 11.1. The van der Waals surface area contributed by atoms with E-state index in [4.69, 9.17) is 5.11 Å². The minimum absolute atomic E-state index is 0.334. The van der Waals surface area contributed by atoms with Gasteiger partial charge in [0, 0.05) is 0 Å². The number of carbonyl (C=O) groups excluding carboxylic acids is 1. The molecule has 132 valence electrons. The summed E-state index contributed by atoms with van der Waals surface area (Å²) in [6.45, 7) is 0. The van der Waals surface area contributed by atoms with Crippen LogP contribution < -0.4 is 5.32 Å². The molecular weight excluding hydrogens is 330 g/mol. The summed E-state index contributed by atoms with van der Waals surface area (Å²) in [5.74, 6) is -3.12.